The molecule has 0 atom stereocenters. The van der Waals surface area contributed by atoms with Crippen LogP contribution in [0, 0.1) is 34.5 Å². The van der Waals surface area contributed by atoms with Crippen molar-refractivity contribution in [2.24, 2.45) is 16.6 Å². The highest BCUT2D eigenvalue weighted by molar-refractivity contribution is 5.32. The number of aliphatic hydroxyl groups is 1. The van der Waals surface area contributed by atoms with Gasteiger partial charge in [0.2, 0.25) is 0 Å². The molecule has 0 aliphatic heterocycles. The lowest BCUT2D eigenvalue weighted by Crippen LogP contribution is -2.29. The maximum absolute atomic E-state index is 10.3. The lowest BCUT2D eigenvalue weighted by atomic mass is 9.91. The number of rotatable bonds is 2. The predicted molar refractivity (Wildman–Crippen MR) is 73.1 cm³/mol. The maximum Gasteiger partial charge on any atom is 0.188 e. The van der Waals surface area contributed by atoms with Gasteiger partial charge in [0.25, 0.3) is 0 Å². The van der Waals surface area contributed by atoms with Crippen LogP contribution in [-0.2, 0) is 0 Å². The van der Waals surface area contributed by atoms with Crippen LogP contribution in [0.25, 0.3) is 0 Å². The highest BCUT2D eigenvalue weighted by Gasteiger charge is 2.21. The van der Waals surface area contributed by atoms with E-state index in [0.717, 1.165) is 0 Å². The van der Waals surface area contributed by atoms with E-state index >= 15 is 0 Å². The summed E-state index contributed by atoms with van der Waals surface area (Å²) in [5, 5.41) is 10.3. The summed E-state index contributed by atoms with van der Waals surface area (Å²) >= 11 is 0. The van der Waals surface area contributed by atoms with Crippen LogP contribution in [0.4, 0.5) is 0 Å². The molecule has 2 nitrogen and oxygen atoms in total. The van der Waals surface area contributed by atoms with Gasteiger partial charge in [0, 0.05) is 17.3 Å². The summed E-state index contributed by atoms with van der Waals surface area (Å²) in [5.74, 6) is 11.8. The third-order valence-electron chi connectivity index (χ3n) is 1.79. The van der Waals surface area contributed by atoms with E-state index in [0.29, 0.717) is 13.0 Å². The molecule has 0 bridgehead atoms. The van der Waals surface area contributed by atoms with Crippen molar-refractivity contribution in [3.63, 3.8) is 0 Å². The Hall–Kier alpha value is -0.960. The quantitative estimate of drug-likeness (QED) is 0.721. The van der Waals surface area contributed by atoms with Crippen molar-refractivity contribution in [2.45, 2.75) is 53.6 Å². The molecule has 0 saturated heterocycles. The van der Waals surface area contributed by atoms with Crippen LogP contribution >= 0.6 is 0 Å². The van der Waals surface area contributed by atoms with Gasteiger partial charge in [-0.3, -0.25) is 0 Å². The van der Waals surface area contributed by atoms with Crippen molar-refractivity contribution >= 4 is 0 Å². The molecule has 0 saturated carbocycles. The molecule has 0 spiro atoms. The molecule has 0 heterocycles. The van der Waals surface area contributed by atoms with Crippen LogP contribution in [0.2, 0.25) is 0 Å². The van der Waals surface area contributed by atoms with E-state index in [2.05, 4.69) is 23.7 Å². The number of hydrogen-bond acceptors (Lipinski definition) is 2. The van der Waals surface area contributed by atoms with Crippen molar-refractivity contribution in [2.75, 3.05) is 6.54 Å². The fraction of sp³-hybridized carbons (Fsp3) is 0.733. The van der Waals surface area contributed by atoms with Crippen LogP contribution in [0.5, 0.6) is 0 Å². The Morgan fingerprint density at radius 2 is 1.18 bits per heavy atom. The molecule has 0 unspecified atom stereocenters. The zero-order valence-corrected chi connectivity index (χ0v) is 11.9. The van der Waals surface area contributed by atoms with E-state index in [4.69, 9.17) is 5.73 Å². The largest absolute Gasteiger partial charge is 0.367 e. The summed E-state index contributed by atoms with van der Waals surface area (Å²) < 4.78 is 0. The fourth-order valence-corrected chi connectivity index (χ4v) is 0.947. The first-order chi connectivity index (χ1) is 7.47. The molecular weight excluding hydrogens is 210 g/mol. The van der Waals surface area contributed by atoms with Gasteiger partial charge in [-0.2, -0.15) is 0 Å². The maximum atomic E-state index is 10.3. The second-order valence-corrected chi connectivity index (χ2v) is 6.40. The Kier molecular flexibility index (Phi) is 5.27. The minimum atomic E-state index is -1.28. The van der Waals surface area contributed by atoms with Gasteiger partial charge in [0.05, 0.1) is 0 Å². The third-order valence-corrected chi connectivity index (χ3v) is 1.79. The van der Waals surface area contributed by atoms with E-state index in [9.17, 15) is 5.11 Å². The molecule has 0 aromatic carbocycles. The molecule has 17 heavy (non-hydrogen) atoms. The minimum Gasteiger partial charge on any atom is -0.367 e. The fourth-order valence-electron chi connectivity index (χ4n) is 0.947. The highest BCUT2D eigenvalue weighted by atomic mass is 16.3. The first kappa shape index (κ1) is 16.0. The summed E-state index contributed by atoms with van der Waals surface area (Å²) in [7, 11) is 0. The number of hydrogen-bond donors (Lipinski definition) is 2. The summed E-state index contributed by atoms with van der Waals surface area (Å²) in [6.45, 7) is 12.4. The Morgan fingerprint density at radius 1 is 0.824 bits per heavy atom. The molecule has 3 N–H and O–H groups in total. The highest BCUT2D eigenvalue weighted by Crippen LogP contribution is 2.15. The summed E-state index contributed by atoms with van der Waals surface area (Å²) in [5.41, 5.74) is 3.92. The molecule has 0 amide bonds. The van der Waals surface area contributed by atoms with Crippen LogP contribution in [0.15, 0.2) is 0 Å². The van der Waals surface area contributed by atoms with Crippen molar-refractivity contribution in [1.29, 1.82) is 0 Å². The first-order valence-corrected chi connectivity index (χ1v) is 5.99. The summed E-state index contributed by atoms with van der Waals surface area (Å²) in [4.78, 5) is 0. The van der Waals surface area contributed by atoms with E-state index in [-0.39, 0.29) is 10.8 Å². The lowest BCUT2D eigenvalue weighted by Gasteiger charge is -2.17. The molecule has 0 rings (SSSR count). The van der Waals surface area contributed by atoms with Gasteiger partial charge in [-0.1, -0.05) is 23.7 Å². The molecule has 2 heteroatoms. The molecule has 0 fully saturated rings. The molecule has 0 aliphatic rings. The van der Waals surface area contributed by atoms with Gasteiger partial charge in [-0.25, -0.2) is 0 Å². The van der Waals surface area contributed by atoms with E-state index in [1.807, 2.05) is 41.5 Å². The Morgan fingerprint density at radius 3 is 1.41 bits per heavy atom. The van der Waals surface area contributed by atoms with Gasteiger partial charge in [0.15, 0.2) is 5.60 Å². The first-order valence-electron chi connectivity index (χ1n) is 5.99. The molecular formula is C15H25NO. The van der Waals surface area contributed by atoms with Crippen LogP contribution in [0.1, 0.15) is 48.0 Å². The van der Waals surface area contributed by atoms with Crippen molar-refractivity contribution < 1.29 is 5.11 Å². The van der Waals surface area contributed by atoms with Crippen molar-refractivity contribution in [1.82, 2.24) is 0 Å². The van der Waals surface area contributed by atoms with Crippen molar-refractivity contribution in [3.8, 4) is 23.7 Å². The van der Waals surface area contributed by atoms with Gasteiger partial charge >= 0.3 is 0 Å². The van der Waals surface area contributed by atoms with E-state index in [1.165, 1.54) is 0 Å². The SMILES string of the molecule is CC(C)(C)C#CC(O)(C#CC(C)(C)C)CCN. The molecule has 0 aliphatic carbocycles. The van der Waals surface area contributed by atoms with E-state index < -0.39 is 5.60 Å². The molecule has 96 valence electrons. The smallest absolute Gasteiger partial charge is 0.188 e. The molecule has 0 aromatic heterocycles. The molecule has 0 radical (unpaired) electrons. The van der Waals surface area contributed by atoms with Crippen LogP contribution in [0.3, 0.4) is 0 Å². The standard InChI is InChI=1S/C15H25NO/c1-13(2,3)7-9-15(17,11-12-16)10-8-14(4,5)6/h17H,11-12,16H2,1-6H3. The van der Waals surface area contributed by atoms with Gasteiger partial charge < -0.3 is 10.8 Å². The Bertz CT molecular complexity index is 328. The van der Waals surface area contributed by atoms with Gasteiger partial charge in [0.1, 0.15) is 0 Å². The average molecular weight is 235 g/mol. The number of nitrogens with two attached hydrogens (primary N) is 1. The second-order valence-electron chi connectivity index (χ2n) is 6.40. The topological polar surface area (TPSA) is 46.2 Å². The normalized spacial score (nSPS) is 12.2. The summed E-state index contributed by atoms with van der Waals surface area (Å²) in [6.07, 6.45) is 0.374. The van der Waals surface area contributed by atoms with Gasteiger partial charge in [-0.05, 0) is 48.1 Å². The minimum absolute atomic E-state index is 0.147. The van der Waals surface area contributed by atoms with Crippen molar-refractivity contribution in [3.05, 3.63) is 0 Å². The Labute approximate surface area is 106 Å². The van der Waals surface area contributed by atoms with Crippen LogP contribution in [-0.4, -0.2) is 17.3 Å². The van der Waals surface area contributed by atoms with Gasteiger partial charge in [-0.15, -0.1) is 0 Å². The zero-order chi connectivity index (χ0) is 13.7. The summed E-state index contributed by atoms with van der Waals surface area (Å²) in [6, 6.07) is 0. The zero-order valence-electron chi connectivity index (χ0n) is 11.9. The van der Waals surface area contributed by atoms with E-state index in [1.54, 1.807) is 0 Å². The average Bonchev–Trinajstić information content (AvgIpc) is 2.11. The Balaban J connectivity index is 5.15. The van der Waals surface area contributed by atoms with Crippen LogP contribution < -0.4 is 5.73 Å². The lowest BCUT2D eigenvalue weighted by molar-refractivity contribution is 0.154. The molecule has 0 aromatic rings. The monoisotopic (exact) mass is 235 g/mol. The third kappa shape index (κ3) is 8.81. The second kappa shape index (κ2) is 5.58. The predicted octanol–water partition coefficient (Wildman–Crippen LogP) is 2.17.